The molecule has 1 aliphatic rings. The van der Waals surface area contributed by atoms with Crippen LogP contribution in [0.15, 0.2) is 16.6 Å². The number of halogens is 1. The average Bonchev–Trinajstić information content (AvgIpc) is 3.04. The molecule has 3 heterocycles. The highest BCUT2D eigenvalue weighted by Crippen LogP contribution is 2.25. The fourth-order valence-electron chi connectivity index (χ4n) is 2.27. The SMILES string of the molecule is O=S(=O)(NCCC1CCCO1)c1c(Cl)nc2sccn12. The van der Waals surface area contributed by atoms with E-state index in [9.17, 15) is 8.42 Å². The Morgan fingerprint density at radius 3 is 3.20 bits per heavy atom. The van der Waals surface area contributed by atoms with Crippen LogP contribution in [0, 0.1) is 0 Å². The van der Waals surface area contributed by atoms with Gasteiger partial charge in [-0.05, 0) is 19.3 Å². The summed E-state index contributed by atoms with van der Waals surface area (Å²) in [6, 6.07) is 0. The zero-order valence-electron chi connectivity index (χ0n) is 10.6. The Labute approximate surface area is 125 Å². The van der Waals surface area contributed by atoms with E-state index in [0.717, 1.165) is 19.4 Å². The van der Waals surface area contributed by atoms with Crippen LogP contribution in [-0.2, 0) is 14.8 Å². The van der Waals surface area contributed by atoms with E-state index in [1.165, 1.54) is 15.7 Å². The van der Waals surface area contributed by atoms with E-state index >= 15 is 0 Å². The van der Waals surface area contributed by atoms with Crippen LogP contribution in [0.1, 0.15) is 19.3 Å². The smallest absolute Gasteiger partial charge is 0.259 e. The van der Waals surface area contributed by atoms with Crippen molar-refractivity contribution in [3.63, 3.8) is 0 Å². The van der Waals surface area contributed by atoms with Gasteiger partial charge >= 0.3 is 0 Å². The molecule has 1 atom stereocenters. The molecule has 1 aliphatic heterocycles. The van der Waals surface area contributed by atoms with E-state index in [4.69, 9.17) is 16.3 Å². The Morgan fingerprint density at radius 1 is 1.60 bits per heavy atom. The van der Waals surface area contributed by atoms with Crippen molar-refractivity contribution < 1.29 is 13.2 Å². The van der Waals surface area contributed by atoms with Gasteiger partial charge in [0.15, 0.2) is 15.1 Å². The molecule has 110 valence electrons. The summed E-state index contributed by atoms with van der Waals surface area (Å²) in [4.78, 5) is 4.59. The van der Waals surface area contributed by atoms with Crippen LogP contribution in [0.4, 0.5) is 0 Å². The molecule has 1 saturated heterocycles. The third kappa shape index (κ3) is 2.71. The van der Waals surface area contributed by atoms with Crippen molar-refractivity contribution in [3.05, 3.63) is 16.7 Å². The highest BCUT2D eigenvalue weighted by molar-refractivity contribution is 7.89. The summed E-state index contributed by atoms with van der Waals surface area (Å²) < 4.78 is 34.1. The standard InChI is InChI=1S/C11H14ClN3O3S2/c12-9-10(15-5-7-19-11(15)14-9)20(16,17)13-4-3-8-2-1-6-18-8/h5,7-8,13H,1-4,6H2. The fourth-order valence-corrected chi connectivity index (χ4v) is 4.77. The summed E-state index contributed by atoms with van der Waals surface area (Å²) in [5.41, 5.74) is 0. The van der Waals surface area contributed by atoms with Crippen LogP contribution < -0.4 is 4.72 Å². The number of thiazole rings is 1. The minimum atomic E-state index is -3.67. The van der Waals surface area contributed by atoms with Crippen LogP contribution in [-0.4, -0.2) is 37.1 Å². The van der Waals surface area contributed by atoms with Gasteiger partial charge in [0.2, 0.25) is 0 Å². The van der Waals surface area contributed by atoms with E-state index in [1.807, 2.05) is 0 Å². The summed E-state index contributed by atoms with van der Waals surface area (Å²) in [6.45, 7) is 1.10. The zero-order valence-corrected chi connectivity index (χ0v) is 13.0. The second kappa shape index (κ2) is 5.61. The molecular weight excluding hydrogens is 322 g/mol. The average molecular weight is 336 g/mol. The maximum atomic E-state index is 12.3. The van der Waals surface area contributed by atoms with Gasteiger partial charge < -0.3 is 4.74 Å². The van der Waals surface area contributed by atoms with Crippen LogP contribution in [0.25, 0.3) is 4.96 Å². The van der Waals surface area contributed by atoms with Gasteiger partial charge in [-0.15, -0.1) is 11.3 Å². The normalized spacial score (nSPS) is 19.9. The van der Waals surface area contributed by atoms with Gasteiger partial charge in [0.1, 0.15) is 0 Å². The molecule has 0 spiro atoms. The Bertz CT molecular complexity index is 704. The largest absolute Gasteiger partial charge is 0.378 e. The Hall–Kier alpha value is -0.670. The lowest BCUT2D eigenvalue weighted by Gasteiger charge is -2.10. The fraction of sp³-hybridized carbons (Fsp3) is 0.545. The molecule has 0 aromatic carbocycles. The van der Waals surface area contributed by atoms with Gasteiger partial charge in [-0.25, -0.2) is 18.1 Å². The van der Waals surface area contributed by atoms with Crippen LogP contribution in [0.2, 0.25) is 5.15 Å². The summed E-state index contributed by atoms with van der Waals surface area (Å²) in [5, 5.41) is 1.77. The molecule has 6 nitrogen and oxygen atoms in total. The van der Waals surface area contributed by atoms with Gasteiger partial charge in [0, 0.05) is 24.7 Å². The molecule has 9 heteroatoms. The maximum Gasteiger partial charge on any atom is 0.259 e. The first-order valence-electron chi connectivity index (χ1n) is 6.30. The minimum Gasteiger partial charge on any atom is -0.378 e. The number of nitrogens with one attached hydrogen (secondary N) is 1. The maximum absolute atomic E-state index is 12.3. The summed E-state index contributed by atoms with van der Waals surface area (Å²) in [6.07, 6.45) is 4.50. The van der Waals surface area contributed by atoms with Crippen molar-refractivity contribution in [1.82, 2.24) is 14.1 Å². The summed E-state index contributed by atoms with van der Waals surface area (Å²) in [5.74, 6) is 0. The van der Waals surface area contributed by atoms with Crippen LogP contribution >= 0.6 is 22.9 Å². The van der Waals surface area contributed by atoms with Crippen molar-refractivity contribution >= 4 is 37.9 Å². The van der Waals surface area contributed by atoms with Gasteiger partial charge in [-0.3, -0.25) is 4.40 Å². The molecule has 0 saturated carbocycles. The molecule has 1 unspecified atom stereocenters. The van der Waals surface area contributed by atoms with Crippen LogP contribution in [0.3, 0.4) is 0 Å². The van der Waals surface area contributed by atoms with E-state index < -0.39 is 10.0 Å². The van der Waals surface area contributed by atoms with E-state index in [0.29, 0.717) is 17.9 Å². The molecule has 3 rings (SSSR count). The first kappa shape index (κ1) is 14.3. The molecule has 0 aliphatic carbocycles. The Kier molecular flexibility index (Phi) is 4.00. The van der Waals surface area contributed by atoms with Gasteiger partial charge in [-0.2, -0.15) is 0 Å². The number of imidazole rings is 1. The highest BCUT2D eigenvalue weighted by Gasteiger charge is 2.25. The first-order valence-corrected chi connectivity index (χ1v) is 9.04. The Morgan fingerprint density at radius 2 is 2.45 bits per heavy atom. The highest BCUT2D eigenvalue weighted by atomic mass is 35.5. The van der Waals surface area contributed by atoms with Crippen molar-refractivity contribution in [2.75, 3.05) is 13.2 Å². The van der Waals surface area contributed by atoms with Gasteiger partial charge in [0.05, 0.1) is 6.10 Å². The van der Waals surface area contributed by atoms with Crippen molar-refractivity contribution in [2.45, 2.75) is 30.4 Å². The van der Waals surface area contributed by atoms with Crippen LogP contribution in [0.5, 0.6) is 0 Å². The molecule has 0 amide bonds. The Balaban J connectivity index is 1.74. The predicted octanol–water partition coefficient (Wildman–Crippen LogP) is 1.90. The van der Waals surface area contributed by atoms with E-state index in [-0.39, 0.29) is 16.3 Å². The number of aromatic nitrogens is 2. The van der Waals surface area contributed by atoms with Crippen molar-refractivity contribution in [1.29, 1.82) is 0 Å². The lowest BCUT2D eigenvalue weighted by atomic mass is 10.2. The first-order chi connectivity index (χ1) is 9.58. The monoisotopic (exact) mass is 335 g/mol. The molecule has 2 aromatic rings. The molecule has 0 radical (unpaired) electrons. The second-order valence-corrected chi connectivity index (χ2v) is 7.50. The number of rotatable bonds is 5. The third-order valence-electron chi connectivity index (χ3n) is 3.22. The number of nitrogens with zero attached hydrogens (tertiary/aromatic N) is 2. The number of sulfonamides is 1. The molecule has 2 aromatic heterocycles. The second-order valence-electron chi connectivity index (χ2n) is 4.58. The summed E-state index contributed by atoms with van der Waals surface area (Å²) >= 11 is 7.27. The van der Waals surface area contributed by atoms with Gasteiger partial charge in [-0.1, -0.05) is 11.6 Å². The van der Waals surface area contributed by atoms with Crippen molar-refractivity contribution in [2.24, 2.45) is 0 Å². The summed E-state index contributed by atoms with van der Waals surface area (Å²) in [7, 11) is -3.67. The zero-order chi connectivity index (χ0) is 14.2. The van der Waals surface area contributed by atoms with E-state index in [2.05, 4.69) is 9.71 Å². The lowest BCUT2D eigenvalue weighted by molar-refractivity contribution is 0.105. The molecule has 1 N–H and O–H groups in total. The minimum absolute atomic E-state index is 0.00136. The number of hydrogen-bond donors (Lipinski definition) is 1. The van der Waals surface area contributed by atoms with Crippen molar-refractivity contribution in [3.8, 4) is 0 Å². The van der Waals surface area contributed by atoms with Gasteiger partial charge in [0.25, 0.3) is 10.0 Å². The molecule has 0 bridgehead atoms. The number of hydrogen-bond acceptors (Lipinski definition) is 5. The van der Waals surface area contributed by atoms with E-state index in [1.54, 1.807) is 11.6 Å². The number of fused-ring (bicyclic) bond motifs is 1. The number of ether oxygens (including phenoxy) is 1. The predicted molar refractivity (Wildman–Crippen MR) is 76.9 cm³/mol. The lowest BCUT2D eigenvalue weighted by Crippen LogP contribution is -2.28. The molecule has 20 heavy (non-hydrogen) atoms. The topological polar surface area (TPSA) is 72.7 Å². The quantitative estimate of drug-likeness (QED) is 0.905. The third-order valence-corrected chi connectivity index (χ3v) is 5.83. The molecule has 1 fully saturated rings. The molecular formula is C11H14ClN3O3S2.